The standard InChI is InChI=1S/C20H21NO3/c1-23-20(22)12-14-8-9-19-18(11-14)17(7-4-10-21)16-6-3-2-5-15(16)13-24-19/h2-3,5-9,11H,4,10,12-13,21H2,1H3/b17-7+. The van der Waals surface area contributed by atoms with Crippen molar-refractivity contribution < 1.29 is 14.3 Å². The van der Waals surface area contributed by atoms with E-state index in [1.54, 1.807) is 0 Å². The molecule has 2 aromatic carbocycles. The Labute approximate surface area is 141 Å². The zero-order valence-corrected chi connectivity index (χ0v) is 13.7. The molecule has 2 aromatic rings. The molecule has 0 aromatic heterocycles. The monoisotopic (exact) mass is 323 g/mol. The number of fused-ring (bicyclic) bond motifs is 2. The van der Waals surface area contributed by atoms with Gasteiger partial charge < -0.3 is 15.2 Å². The van der Waals surface area contributed by atoms with Crippen LogP contribution >= 0.6 is 0 Å². The van der Waals surface area contributed by atoms with E-state index in [0.717, 1.165) is 40.0 Å². The number of rotatable bonds is 4. The summed E-state index contributed by atoms with van der Waals surface area (Å²) in [4.78, 5) is 11.6. The minimum absolute atomic E-state index is 0.246. The maximum absolute atomic E-state index is 11.6. The molecule has 1 aliphatic rings. The van der Waals surface area contributed by atoms with Gasteiger partial charge in [0.1, 0.15) is 12.4 Å². The van der Waals surface area contributed by atoms with Gasteiger partial charge in [-0.3, -0.25) is 4.79 Å². The average molecular weight is 323 g/mol. The minimum Gasteiger partial charge on any atom is -0.488 e. The molecule has 0 atom stereocenters. The molecule has 0 radical (unpaired) electrons. The molecule has 0 aliphatic carbocycles. The molecule has 4 heteroatoms. The Hall–Kier alpha value is -2.59. The van der Waals surface area contributed by atoms with Crippen molar-refractivity contribution in [2.45, 2.75) is 19.4 Å². The molecule has 2 N–H and O–H groups in total. The summed E-state index contributed by atoms with van der Waals surface area (Å²) in [5, 5.41) is 0. The molecule has 0 spiro atoms. The maximum atomic E-state index is 11.6. The van der Waals surface area contributed by atoms with Gasteiger partial charge in [-0.25, -0.2) is 0 Å². The van der Waals surface area contributed by atoms with Crippen molar-refractivity contribution in [2.24, 2.45) is 5.73 Å². The average Bonchev–Trinajstić information content (AvgIpc) is 2.76. The number of esters is 1. The third-order valence-electron chi connectivity index (χ3n) is 4.12. The summed E-state index contributed by atoms with van der Waals surface area (Å²) in [6.45, 7) is 1.11. The van der Waals surface area contributed by atoms with Crippen LogP contribution < -0.4 is 10.5 Å². The highest BCUT2D eigenvalue weighted by Crippen LogP contribution is 2.37. The van der Waals surface area contributed by atoms with Gasteiger partial charge in [0.05, 0.1) is 13.5 Å². The highest BCUT2D eigenvalue weighted by molar-refractivity contribution is 5.85. The lowest BCUT2D eigenvalue weighted by Gasteiger charge is -2.12. The summed E-state index contributed by atoms with van der Waals surface area (Å²) in [6, 6.07) is 14.1. The third kappa shape index (κ3) is 3.34. The molecule has 0 amide bonds. The summed E-state index contributed by atoms with van der Waals surface area (Å²) in [5.74, 6) is 0.570. The molecule has 24 heavy (non-hydrogen) atoms. The molecular weight excluding hydrogens is 302 g/mol. The Kier molecular flexibility index (Phi) is 4.96. The first-order valence-electron chi connectivity index (χ1n) is 8.04. The van der Waals surface area contributed by atoms with Crippen LogP contribution in [0.15, 0.2) is 48.5 Å². The van der Waals surface area contributed by atoms with Crippen LogP contribution in [-0.2, 0) is 22.6 Å². The van der Waals surface area contributed by atoms with Crippen LogP contribution in [0, 0.1) is 0 Å². The van der Waals surface area contributed by atoms with Crippen molar-refractivity contribution in [1.29, 1.82) is 0 Å². The number of benzene rings is 2. The van der Waals surface area contributed by atoms with E-state index in [4.69, 9.17) is 15.2 Å². The van der Waals surface area contributed by atoms with E-state index < -0.39 is 0 Å². The van der Waals surface area contributed by atoms with Gasteiger partial charge in [0, 0.05) is 5.56 Å². The first kappa shape index (κ1) is 16.3. The molecule has 124 valence electrons. The highest BCUT2D eigenvalue weighted by atomic mass is 16.5. The van der Waals surface area contributed by atoms with Gasteiger partial charge in [-0.2, -0.15) is 0 Å². The molecule has 1 heterocycles. The van der Waals surface area contributed by atoms with E-state index >= 15 is 0 Å². The van der Waals surface area contributed by atoms with Crippen molar-refractivity contribution in [3.8, 4) is 5.75 Å². The van der Waals surface area contributed by atoms with Crippen LogP contribution in [0.4, 0.5) is 0 Å². The van der Waals surface area contributed by atoms with Gasteiger partial charge in [0.15, 0.2) is 0 Å². The number of methoxy groups -OCH3 is 1. The Morgan fingerprint density at radius 3 is 2.88 bits per heavy atom. The molecule has 3 rings (SSSR count). The second-order valence-corrected chi connectivity index (χ2v) is 5.72. The predicted molar refractivity (Wildman–Crippen MR) is 93.7 cm³/mol. The van der Waals surface area contributed by atoms with Gasteiger partial charge >= 0.3 is 5.97 Å². The van der Waals surface area contributed by atoms with E-state index in [2.05, 4.69) is 18.2 Å². The summed E-state index contributed by atoms with van der Waals surface area (Å²) in [5.41, 5.74) is 11.0. The molecule has 0 fully saturated rings. The van der Waals surface area contributed by atoms with Crippen LogP contribution in [0.3, 0.4) is 0 Å². The third-order valence-corrected chi connectivity index (χ3v) is 4.12. The summed E-state index contributed by atoms with van der Waals surface area (Å²) in [7, 11) is 1.40. The van der Waals surface area contributed by atoms with E-state index in [0.29, 0.717) is 13.2 Å². The van der Waals surface area contributed by atoms with Gasteiger partial charge in [0.25, 0.3) is 0 Å². The Morgan fingerprint density at radius 1 is 1.25 bits per heavy atom. The molecule has 4 nitrogen and oxygen atoms in total. The number of hydrogen-bond donors (Lipinski definition) is 1. The number of ether oxygens (including phenoxy) is 2. The topological polar surface area (TPSA) is 61.5 Å². The van der Waals surface area contributed by atoms with Gasteiger partial charge in [-0.1, -0.05) is 36.4 Å². The maximum Gasteiger partial charge on any atom is 0.309 e. The fraction of sp³-hybridized carbons (Fsp3) is 0.250. The minimum atomic E-state index is -0.252. The molecule has 0 unspecified atom stereocenters. The van der Waals surface area contributed by atoms with Crippen LogP contribution in [-0.4, -0.2) is 19.6 Å². The smallest absolute Gasteiger partial charge is 0.309 e. The summed E-state index contributed by atoms with van der Waals surface area (Å²) >= 11 is 0. The molecule has 0 saturated heterocycles. The van der Waals surface area contributed by atoms with Crippen LogP contribution in [0.25, 0.3) is 5.57 Å². The fourth-order valence-corrected chi connectivity index (χ4v) is 2.92. The van der Waals surface area contributed by atoms with Crippen molar-refractivity contribution >= 4 is 11.5 Å². The van der Waals surface area contributed by atoms with Gasteiger partial charge in [0.2, 0.25) is 0 Å². The van der Waals surface area contributed by atoms with Crippen molar-refractivity contribution in [3.63, 3.8) is 0 Å². The molecule has 0 saturated carbocycles. The molecule has 1 aliphatic heterocycles. The van der Waals surface area contributed by atoms with E-state index in [-0.39, 0.29) is 12.4 Å². The lowest BCUT2D eigenvalue weighted by Crippen LogP contribution is -2.05. The van der Waals surface area contributed by atoms with Gasteiger partial charge in [-0.05, 0) is 47.4 Å². The van der Waals surface area contributed by atoms with E-state index in [1.807, 2.05) is 30.3 Å². The second-order valence-electron chi connectivity index (χ2n) is 5.72. The number of carbonyl (C=O) groups excluding carboxylic acids is 1. The Bertz CT molecular complexity index is 780. The first-order valence-corrected chi connectivity index (χ1v) is 8.04. The van der Waals surface area contributed by atoms with Crippen LogP contribution in [0.2, 0.25) is 0 Å². The largest absolute Gasteiger partial charge is 0.488 e. The highest BCUT2D eigenvalue weighted by Gasteiger charge is 2.19. The Balaban J connectivity index is 2.10. The number of nitrogens with two attached hydrogens (primary N) is 1. The van der Waals surface area contributed by atoms with E-state index in [9.17, 15) is 4.79 Å². The zero-order chi connectivity index (χ0) is 16.9. The summed E-state index contributed by atoms with van der Waals surface area (Å²) in [6.07, 6.45) is 3.17. The summed E-state index contributed by atoms with van der Waals surface area (Å²) < 4.78 is 10.8. The van der Waals surface area contributed by atoms with Crippen molar-refractivity contribution in [1.82, 2.24) is 0 Å². The second kappa shape index (κ2) is 7.32. The lowest BCUT2D eigenvalue weighted by atomic mass is 9.92. The quantitative estimate of drug-likeness (QED) is 0.879. The first-order chi connectivity index (χ1) is 11.7. The predicted octanol–water partition coefficient (Wildman–Crippen LogP) is 3.08. The fourth-order valence-electron chi connectivity index (χ4n) is 2.92. The number of carbonyl (C=O) groups is 1. The van der Waals surface area contributed by atoms with Crippen molar-refractivity contribution in [2.75, 3.05) is 13.7 Å². The Morgan fingerprint density at radius 2 is 2.08 bits per heavy atom. The van der Waals surface area contributed by atoms with Crippen molar-refractivity contribution in [3.05, 3.63) is 70.8 Å². The molecule has 0 bridgehead atoms. The normalized spacial score (nSPS) is 14.3. The molecular formula is C20H21NO3. The lowest BCUT2D eigenvalue weighted by molar-refractivity contribution is -0.139. The SMILES string of the molecule is COC(=O)Cc1ccc2c(c1)/C(=C/CCN)c1ccccc1CO2. The van der Waals surface area contributed by atoms with Crippen LogP contribution in [0.5, 0.6) is 5.75 Å². The zero-order valence-electron chi connectivity index (χ0n) is 13.7. The van der Waals surface area contributed by atoms with Gasteiger partial charge in [-0.15, -0.1) is 0 Å². The van der Waals surface area contributed by atoms with E-state index in [1.165, 1.54) is 7.11 Å². The van der Waals surface area contributed by atoms with Crippen LogP contribution in [0.1, 0.15) is 28.7 Å². The number of hydrogen-bond acceptors (Lipinski definition) is 4.